The lowest BCUT2D eigenvalue weighted by molar-refractivity contribution is 0.401. The second kappa shape index (κ2) is 6.91. The largest absolute Gasteiger partial charge is 0.496 e. The van der Waals surface area contributed by atoms with Crippen molar-refractivity contribution < 1.29 is 4.74 Å². The summed E-state index contributed by atoms with van der Waals surface area (Å²) < 4.78 is 6.55. The van der Waals surface area contributed by atoms with Gasteiger partial charge in [-0.1, -0.05) is 45.8 Å². The van der Waals surface area contributed by atoms with Gasteiger partial charge in [-0.05, 0) is 37.6 Å². The third-order valence-corrected chi connectivity index (χ3v) is 3.91. The molecule has 0 aliphatic rings. The van der Waals surface area contributed by atoms with Crippen LogP contribution < -0.4 is 10.1 Å². The van der Waals surface area contributed by atoms with Crippen LogP contribution in [-0.2, 0) is 6.54 Å². The van der Waals surface area contributed by atoms with Gasteiger partial charge in [0.1, 0.15) is 5.75 Å². The molecule has 0 fully saturated rings. The van der Waals surface area contributed by atoms with E-state index in [2.05, 4.69) is 71.5 Å². The lowest BCUT2D eigenvalue weighted by atomic mass is 10.0. The van der Waals surface area contributed by atoms with E-state index < -0.39 is 0 Å². The fourth-order valence-corrected chi connectivity index (χ4v) is 2.44. The average molecular weight is 334 g/mol. The SMILES string of the molecule is COc1ccc(C)cc1C(C)NCc1ccc(Br)cc1. The minimum Gasteiger partial charge on any atom is -0.496 e. The van der Waals surface area contributed by atoms with E-state index in [-0.39, 0.29) is 6.04 Å². The molecule has 20 heavy (non-hydrogen) atoms. The van der Waals surface area contributed by atoms with Crippen molar-refractivity contribution in [2.75, 3.05) is 7.11 Å². The molecule has 2 nitrogen and oxygen atoms in total. The number of rotatable bonds is 5. The maximum Gasteiger partial charge on any atom is 0.123 e. The molecule has 3 heteroatoms. The summed E-state index contributed by atoms with van der Waals surface area (Å²) in [6.07, 6.45) is 0. The highest BCUT2D eigenvalue weighted by Crippen LogP contribution is 2.26. The van der Waals surface area contributed by atoms with E-state index in [0.29, 0.717) is 0 Å². The highest BCUT2D eigenvalue weighted by atomic mass is 79.9. The first-order chi connectivity index (χ1) is 9.60. The van der Waals surface area contributed by atoms with Crippen LogP contribution in [0, 0.1) is 6.92 Å². The monoisotopic (exact) mass is 333 g/mol. The van der Waals surface area contributed by atoms with Gasteiger partial charge in [0.15, 0.2) is 0 Å². The standard InChI is InChI=1S/C17H20BrNO/c1-12-4-9-17(20-3)16(10-12)13(2)19-11-14-5-7-15(18)8-6-14/h4-10,13,19H,11H2,1-3H3. The Labute approximate surface area is 129 Å². The van der Waals surface area contributed by atoms with E-state index in [4.69, 9.17) is 4.74 Å². The lowest BCUT2D eigenvalue weighted by Gasteiger charge is -2.18. The third kappa shape index (κ3) is 3.84. The van der Waals surface area contributed by atoms with Crippen LogP contribution in [0.5, 0.6) is 5.75 Å². The molecular weight excluding hydrogens is 314 g/mol. The number of hydrogen-bond acceptors (Lipinski definition) is 2. The average Bonchev–Trinajstić information content (AvgIpc) is 2.46. The molecule has 0 aliphatic carbocycles. The van der Waals surface area contributed by atoms with E-state index in [1.54, 1.807) is 7.11 Å². The van der Waals surface area contributed by atoms with E-state index in [1.807, 2.05) is 6.07 Å². The number of hydrogen-bond donors (Lipinski definition) is 1. The molecule has 0 aliphatic heterocycles. The number of benzene rings is 2. The van der Waals surface area contributed by atoms with Crippen molar-refractivity contribution >= 4 is 15.9 Å². The van der Waals surface area contributed by atoms with Crippen LogP contribution >= 0.6 is 15.9 Å². The summed E-state index contributed by atoms with van der Waals surface area (Å²) in [6.45, 7) is 5.10. The molecule has 2 rings (SSSR count). The van der Waals surface area contributed by atoms with Gasteiger partial charge in [0.2, 0.25) is 0 Å². The molecule has 0 heterocycles. The van der Waals surface area contributed by atoms with E-state index >= 15 is 0 Å². The molecule has 106 valence electrons. The van der Waals surface area contributed by atoms with Crippen LogP contribution in [0.2, 0.25) is 0 Å². The van der Waals surface area contributed by atoms with Crippen molar-refractivity contribution in [1.82, 2.24) is 5.32 Å². The van der Waals surface area contributed by atoms with Gasteiger partial charge in [-0.3, -0.25) is 0 Å². The Morgan fingerprint density at radius 1 is 1.15 bits per heavy atom. The number of nitrogens with one attached hydrogen (secondary N) is 1. The van der Waals surface area contributed by atoms with Crippen LogP contribution in [0.1, 0.15) is 29.7 Å². The summed E-state index contributed by atoms with van der Waals surface area (Å²) in [4.78, 5) is 0. The quantitative estimate of drug-likeness (QED) is 0.862. The summed E-state index contributed by atoms with van der Waals surface area (Å²) in [5.74, 6) is 0.936. The minimum atomic E-state index is 0.244. The lowest BCUT2D eigenvalue weighted by Crippen LogP contribution is -2.18. The zero-order chi connectivity index (χ0) is 14.5. The van der Waals surface area contributed by atoms with Crippen LogP contribution in [-0.4, -0.2) is 7.11 Å². The number of aryl methyl sites for hydroxylation is 1. The van der Waals surface area contributed by atoms with Gasteiger partial charge in [0.05, 0.1) is 7.11 Å². The first kappa shape index (κ1) is 15.1. The number of halogens is 1. The first-order valence-corrected chi connectivity index (χ1v) is 7.52. The van der Waals surface area contributed by atoms with Crippen molar-refractivity contribution in [3.63, 3.8) is 0 Å². The predicted octanol–water partition coefficient (Wildman–Crippen LogP) is 4.62. The van der Waals surface area contributed by atoms with Gasteiger partial charge in [-0.2, -0.15) is 0 Å². The van der Waals surface area contributed by atoms with Gasteiger partial charge in [0.25, 0.3) is 0 Å². The fraction of sp³-hybridized carbons (Fsp3) is 0.294. The zero-order valence-corrected chi connectivity index (χ0v) is 13.7. The van der Waals surface area contributed by atoms with Crippen molar-refractivity contribution in [3.8, 4) is 5.75 Å². The van der Waals surface area contributed by atoms with E-state index in [9.17, 15) is 0 Å². The Kier molecular flexibility index (Phi) is 5.21. The van der Waals surface area contributed by atoms with Crippen molar-refractivity contribution in [1.29, 1.82) is 0 Å². The Balaban J connectivity index is 2.06. The molecule has 0 aromatic heterocycles. The van der Waals surface area contributed by atoms with Crippen LogP contribution in [0.15, 0.2) is 46.9 Å². The van der Waals surface area contributed by atoms with E-state index in [0.717, 1.165) is 16.8 Å². The molecule has 1 atom stereocenters. The molecule has 0 amide bonds. The van der Waals surface area contributed by atoms with Crippen molar-refractivity contribution in [2.24, 2.45) is 0 Å². The summed E-state index contributed by atoms with van der Waals surface area (Å²) >= 11 is 3.45. The summed E-state index contributed by atoms with van der Waals surface area (Å²) in [5, 5.41) is 3.54. The second-order valence-corrected chi connectivity index (χ2v) is 5.89. The summed E-state index contributed by atoms with van der Waals surface area (Å²) in [6, 6.07) is 14.9. The Bertz CT molecular complexity index is 566. The maximum absolute atomic E-state index is 5.44. The topological polar surface area (TPSA) is 21.3 Å². The predicted molar refractivity (Wildman–Crippen MR) is 87.1 cm³/mol. The molecule has 1 unspecified atom stereocenters. The van der Waals surface area contributed by atoms with Gasteiger partial charge >= 0.3 is 0 Å². The number of ether oxygens (including phenoxy) is 1. The second-order valence-electron chi connectivity index (χ2n) is 4.97. The minimum absolute atomic E-state index is 0.244. The van der Waals surface area contributed by atoms with Gasteiger partial charge in [-0.15, -0.1) is 0 Å². The maximum atomic E-state index is 5.44. The van der Waals surface area contributed by atoms with Gasteiger partial charge in [-0.25, -0.2) is 0 Å². The smallest absolute Gasteiger partial charge is 0.123 e. The molecule has 0 bridgehead atoms. The fourth-order valence-electron chi connectivity index (χ4n) is 2.18. The summed E-state index contributed by atoms with van der Waals surface area (Å²) in [5.41, 5.74) is 3.72. The van der Waals surface area contributed by atoms with Crippen molar-refractivity contribution in [3.05, 3.63) is 63.6 Å². The molecule has 0 saturated heterocycles. The van der Waals surface area contributed by atoms with Crippen LogP contribution in [0.4, 0.5) is 0 Å². The molecule has 2 aromatic rings. The van der Waals surface area contributed by atoms with Gasteiger partial charge in [0, 0.05) is 22.6 Å². The first-order valence-electron chi connectivity index (χ1n) is 6.72. The van der Waals surface area contributed by atoms with Crippen molar-refractivity contribution in [2.45, 2.75) is 26.4 Å². The molecule has 0 radical (unpaired) electrons. The third-order valence-electron chi connectivity index (χ3n) is 3.38. The summed E-state index contributed by atoms with van der Waals surface area (Å²) in [7, 11) is 1.72. The molecule has 2 aromatic carbocycles. The molecule has 0 saturated carbocycles. The molecule has 0 spiro atoms. The Morgan fingerprint density at radius 3 is 2.50 bits per heavy atom. The Hall–Kier alpha value is -1.32. The highest BCUT2D eigenvalue weighted by Gasteiger charge is 2.11. The van der Waals surface area contributed by atoms with E-state index in [1.165, 1.54) is 16.7 Å². The highest BCUT2D eigenvalue weighted by molar-refractivity contribution is 9.10. The molecule has 1 N–H and O–H groups in total. The van der Waals surface area contributed by atoms with Gasteiger partial charge < -0.3 is 10.1 Å². The molecular formula is C17H20BrNO. The number of methoxy groups -OCH3 is 1. The van der Waals surface area contributed by atoms with Crippen LogP contribution in [0.3, 0.4) is 0 Å². The Morgan fingerprint density at radius 2 is 1.85 bits per heavy atom. The van der Waals surface area contributed by atoms with Crippen LogP contribution in [0.25, 0.3) is 0 Å². The zero-order valence-electron chi connectivity index (χ0n) is 12.1. The normalized spacial score (nSPS) is 12.2.